The van der Waals surface area contributed by atoms with Gasteiger partial charge in [0.25, 0.3) is 0 Å². The maximum atomic E-state index is 13.1. The summed E-state index contributed by atoms with van der Waals surface area (Å²) in [5, 5.41) is 3.43. The van der Waals surface area contributed by atoms with E-state index in [1.165, 1.54) is 24.3 Å². The number of halogens is 1. The second-order valence-corrected chi connectivity index (χ2v) is 6.20. The summed E-state index contributed by atoms with van der Waals surface area (Å²) in [6.07, 6.45) is 0.267. The van der Waals surface area contributed by atoms with Crippen LogP contribution in [0.3, 0.4) is 0 Å². The van der Waals surface area contributed by atoms with Gasteiger partial charge in [0.1, 0.15) is 11.6 Å². The van der Waals surface area contributed by atoms with Gasteiger partial charge in [0.05, 0.1) is 12.6 Å². The normalized spacial score (nSPS) is 11.6. The van der Waals surface area contributed by atoms with Crippen LogP contribution < -0.4 is 10.1 Å². The number of benzene rings is 3. The number of hydrogen-bond donors (Lipinski definition) is 1. The van der Waals surface area contributed by atoms with Gasteiger partial charge in [0.2, 0.25) is 0 Å². The number of ketones is 1. The van der Waals surface area contributed by atoms with Gasteiger partial charge in [0, 0.05) is 17.7 Å². The summed E-state index contributed by atoms with van der Waals surface area (Å²) in [5.41, 5.74) is 2.42. The first-order chi connectivity index (χ1) is 13.2. The van der Waals surface area contributed by atoms with Gasteiger partial charge in [-0.1, -0.05) is 30.3 Å². The first-order valence-corrected chi connectivity index (χ1v) is 8.99. The van der Waals surface area contributed by atoms with Crippen molar-refractivity contribution in [2.24, 2.45) is 0 Å². The molecular formula is C23H22FNO2. The maximum Gasteiger partial charge on any atom is 0.165 e. The smallest absolute Gasteiger partial charge is 0.165 e. The van der Waals surface area contributed by atoms with E-state index in [-0.39, 0.29) is 24.1 Å². The Morgan fingerprint density at radius 1 is 0.963 bits per heavy atom. The fourth-order valence-electron chi connectivity index (χ4n) is 2.89. The van der Waals surface area contributed by atoms with E-state index < -0.39 is 0 Å². The minimum absolute atomic E-state index is 0.0395. The number of carbonyl (C=O) groups excluding carboxylic acids is 1. The Balaban J connectivity index is 1.78. The third kappa shape index (κ3) is 5.17. The van der Waals surface area contributed by atoms with Crippen LogP contribution in [0.15, 0.2) is 78.9 Å². The molecule has 0 saturated carbocycles. The van der Waals surface area contributed by atoms with E-state index in [0.717, 1.165) is 17.0 Å². The predicted molar refractivity (Wildman–Crippen MR) is 106 cm³/mol. The fraction of sp³-hybridized carbons (Fsp3) is 0.174. The molecule has 1 unspecified atom stereocenters. The largest absolute Gasteiger partial charge is 0.494 e. The second kappa shape index (κ2) is 8.99. The van der Waals surface area contributed by atoms with Crippen LogP contribution in [0, 0.1) is 5.82 Å². The van der Waals surface area contributed by atoms with Crippen molar-refractivity contribution in [3.63, 3.8) is 0 Å². The molecule has 27 heavy (non-hydrogen) atoms. The molecule has 1 N–H and O–H groups in total. The highest BCUT2D eigenvalue weighted by Gasteiger charge is 2.17. The van der Waals surface area contributed by atoms with Crippen LogP contribution in [0.5, 0.6) is 5.75 Å². The van der Waals surface area contributed by atoms with Crippen LogP contribution >= 0.6 is 0 Å². The molecule has 0 aromatic heterocycles. The molecule has 0 aliphatic heterocycles. The van der Waals surface area contributed by atoms with E-state index in [1.807, 2.05) is 61.5 Å². The number of nitrogens with one attached hydrogen (secondary N) is 1. The Bertz CT molecular complexity index is 861. The molecule has 0 fully saturated rings. The van der Waals surface area contributed by atoms with Gasteiger partial charge >= 0.3 is 0 Å². The Labute approximate surface area is 158 Å². The van der Waals surface area contributed by atoms with E-state index in [0.29, 0.717) is 12.2 Å². The number of ether oxygens (including phenoxy) is 1. The maximum absolute atomic E-state index is 13.1. The summed E-state index contributed by atoms with van der Waals surface area (Å²) in [5.74, 6) is 0.419. The minimum Gasteiger partial charge on any atom is -0.494 e. The van der Waals surface area contributed by atoms with Gasteiger partial charge in [-0.2, -0.15) is 0 Å². The third-order valence-electron chi connectivity index (χ3n) is 4.26. The van der Waals surface area contributed by atoms with Crippen molar-refractivity contribution in [2.45, 2.75) is 19.4 Å². The van der Waals surface area contributed by atoms with Gasteiger partial charge in [-0.3, -0.25) is 4.79 Å². The topological polar surface area (TPSA) is 38.3 Å². The molecule has 0 aliphatic carbocycles. The van der Waals surface area contributed by atoms with Gasteiger partial charge < -0.3 is 10.1 Å². The van der Waals surface area contributed by atoms with Crippen molar-refractivity contribution >= 4 is 11.5 Å². The highest BCUT2D eigenvalue weighted by atomic mass is 19.1. The van der Waals surface area contributed by atoms with Crippen LogP contribution in [0.2, 0.25) is 0 Å². The highest BCUT2D eigenvalue weighted by Crippen LogP contribution is 2.26. The number of rotatable bonds is 8. The van der Waals surface area contributed by atoms with E-state index in [1.54, 1.807) is 0 Å². The molecule has 0 spiro atoms. The van der Waals surface area contributed by atoms with Crippen LogP contribution in [0.4, 0.5) is 10.1 Å². The third-order valence-corrected chi connectivity index (χ3v) is 4.26. The van der Waals surface area contributed by atoms with E-state index in [4.69, 9.17) is 4.74 Å². The Kier molecular flexibility index (Phi) is 6.21. The van der Waals surface area contributed by atoms with Crippen molar-refractivity contribution in [3.05, 3.63) is 95.8 Å². The summed E-state index contributed by atoms with van der Waals surface area (Å²) >= 11 is 0. The molecule has 1 atom stereocenters. The number of carbonyl (C=O) groups is 1. The first kappa shape index (κ1) is 18.6. The number of Topliss-reactive ketones (excluding diaryl/α,β-unsaturated/α-hetero) is 1. The van der Waals surface area contributed by atoms with Crippen LogP contribution in [-0.2, 0) is 0 Å². The van der Waals surface area contributed by atoms with Gasteiger partial charge in [-0.25, -0.2) is 4.39 Å². The van der Waals surface area contributed by atoms with E-state index in [2.05, 4.69) is 5.32 Å². The van der Waals surface area contributed by atoms with Gasteiger partial charge in [0.15, 0.2) is 5.78 Å². The van der Waals surface area contributed by atoms with Gasteiger partial charge in [-0.15, -0.1) is 0 Å². The monoisotopic (exact) mass is 363 g/mol. The molecule has 3 aromatic rings. The molecule has 0 saturated heterocycles. The summed E-state index contributed by atoms with van der Waals surface area (Å²) in [4.78, 5) is 12.7. The minimum atomic E-state index is -0.348. The van der Waals surface area contributed by atoms with Crippen molar-refractivity contribution in [3.8, 4) is 5.75 Å². The highest BCUT2D eigenvalue weighted by molar-refractivity contribution is 5.96. The molecule has 3 rings (SSSR count). The summed E-state index contributed by atoms with van der Waals surface area (Å²) in [6, 6.07) is 23.0. The van der Waals surface area contributed by atoms with E-state index >= 15 is 0 Å². The SMILES string of the molecule is CCOc1ccc(NC(CC(=O)c2ccc(F)cc2)c2ccccc2)cc1. The summed E-state index contributed by atoms with van der Waals surface area (Å²) in [7, 11) is 0. The molecule has 0 aliphatic rings. The zero-order chi connectivity index (χ0) is 19.1. The number of hydrogen-bond acceptors (Lipinski definition) is 3. The van der Waals surface area contributed by atoms with Crippen molar-refractivity contribution in [1.29, 1.82) is 0 Å². The molecule has 4 heteroatoms. The Morgan fingerprint density at radius 3 is 2.26 bits per heavy atom. The molecule has 3 aromatic carbocycles. The zero-order valence-corrected chi connectivity index (χ0v) is 15.2. The lowest BCUT2D eigenvalue weighted by Gasteiger charge is -2.20. The molecule has 138 valence electrons. The Hall–Kier alpha value is -3.14. The van der Waals surface area contributed by atoms with Crippen molar-refractivity contribution in [1.82, 2.24) is 0 Å². The summed E-state index contributed by atoms with van der Waals surface area (Å²) < 4.78 is 18.6. The fourth-order valence-corrected chi connectivity index (χ4v) is 2.89. The lowest BCUT2D eigenvalue weighted by molar-refractivity contribution is 0.0976. The van der Waals surface area contributed by atoms with Crippen molar-refractivity contribution in [2.75, 3.05) is 11.9 Å². The average Bonchev–Trinajstić information content (AvgIpc) is 2.70. The lowest BCUT2D eigenvalue weighted by Crippen LogP contribution is -2.15. The lowest BCUT2D eigenvalue weighted by atomic mass is 9.97. The molecular weight excluding hydrogens is 341 g/mol. The molecule has 0 amide bonds. The zero-order valence-electron chi connectivity index (χ0n) is 15.2. The summed E-state index contributed by atoms with van der Waals surface area (Å²) in [6.45, 7) is 2.56. The standard InChI is InChI=1S/C23H22FNO2/c1-2-27-21-14-12-20(13-15-21)25-22(17-6-4-3-5-7-17)16-23(26)18-8-10-19(24)11-9-18/h3-15,22,25H,2,16H2,1H3. The molecule has 0 bridgehead atoms. The first-order valence-electron chi connectivity index (χ1n) is 8.99. The Morgan fingerprint density at radius 2 is 1.63 bits per heavy atom. The van der Waals surface area contributed by atoms with Crippen LogP contribution in [-0.4, -0.2) is 12.4 Å². The van der Waals surface area contributed by atoms with Crippen molar-refractivity contribution < 1.29 is 13.9 Å². The van der Waals surface area contributed by atoms with Crippen LogP contribution in [0.1, 0.15) is 35.3 Å². The number of anilines is 1. The predicted octanol–water partition coefficient (Wildman–Crippen LogP) is 5.65. The molecule has 0 radical (unpaired) electrons. The van der Waals surface area contributed by atoms with Gasteiger partial charge in [-0.05, 0) is 61.0 Å². The quantitative estimate of drug-likeness (QED) is 0.526. The molecule has 3 nitrogen and oxygen atoms in total. The second-order valence-electron chi connectivity index (χ2n) is 6.20. The molecule has 0 heterocycles. The van der Waals surface area contributed by atoms with E-state index in [9.17, 15) is 9.18 Å². The average molecular weight is 363 g/mol. The van der Waals surface area contributed by atoms with Crippen LogP contribution in [0.25, 0.3) is 0 Å².